The van der Waals surface area contributed by atoms with Crippen molar-refractivity contribution in [2.75, 3.05) is 13.1 Å². The van der Waals surface area contributed by atoms with Crippen molar-refractivity contribution in [1.29, 1.82) is 0 Å². The van der Waals surface area contributed by atoms with Crippen LogP contribution in [0.5, 0.6) is 0 Å². The number of nitrogens with one attached hydrogen (secondary N) is 1. The summed E-state index contributed by atoms with van der Waals surface area (Å²) in [6.45, 7) is 5.10. The highest BCUT2D eigenvalue weighted by Gasteiger charge is 2.45. The summed E-state index contributed by atoms with van der Waals surface area (Å²) in [7, 11) is 0. The number of nitrogens with zero attached hydrogens (tertiary/aromatic N) is 3. The molecular weight excluding hydrogens is 344 g/mol. The largest absolute Gasteiger partial charge is 0.341 e. The normalized spacial score (nSPS) is 19.0. The molecule has 0 unspecified atom stereocenters. The Kier molecular flexibility index (Phi) is 4.45. The molecule has 1 aromatic carbocycles. The summed E-state index contributed by atoms with van der Waals surface area (Å²) in [6, 6.07) is 6.37. The lowest BCUT2D eigenvalue weighted by molar-refractivity contribution is -0.134. The molecule has 0 bridgehead atoms. The van der Waals surface area contributed by atoms with Gasteiger partial charge in [-0.05, 0) is 69.2 Å². The Morgan fingerprint density at radius 1 is 1.15 bits per heavy atom. The average Bonchev–Trinajstić information content (AvgIpc) is 3.29. The SMILES string of the molecule is Cc1noc(-c2ccc(C(=O)N[C@H](C)C(=O)N3CCC4(CC3)CC4)cc2)n1. The van der Waals surface area contributed by atoms with Gasteiger partial charge in [-0.1, -0.05) is 5.16 Å². The fourth-order valence-electron chi connectivity index (χ4n) is 3.67. The Labute approximate surface area is 158 Å². The fourth-order valence-corrected chi connectivity index (χ4v) is 3.67. The molecule has 7 nitrogen and oxygen atoms in total. The minimum Gasteiger partial charge on any atom is -0.341 e. The second-order valence-corrected chi connectivity index (χ2v) is 7.74. The number of piperidine rings is 1. The predicted octanol–water partition coefficient (Wildman–Crippen LogP) is 2.57. The first-order chi connectivity index (χ1) is 13.0. The van der Waals surface area contributed by atoms with E-state index in [0.717, 1.165) is 31.5 Å². The van der Waals surface area contributed by atoms with Gasteiger partial charge in [-0.15, -0.1) is 0 Å². The molecule has 4 rings (SSSR count). The summed E-state index contributed by atoms with van der Waals surface area (Å²) in [6.07, 6.45) is 4.80. The standard InChI is InChI=1S/C20H24N4O3/c1-13(19(26)24-11-9-20(7-8-20)10-12-24)21-17(25)15-3-5-16(6-4-15)18-22-14(2)23-27-18/h3-6,13H,7-12H2,1-2H3,(H,21,25)/t13-/m1/s1. The Hall–Kier alpha value is -2.70. The van der Waals surface area contributed by atoms with E-state index in [1.54, 1.807) is 38.1 Å². The number of aromatic nitrogens is 2. The van der Waals surface area contributed by atoms with E-state index in [-0.39, 0.29) is 11.8 Å². The van der Waals surface area contributed by atoms with E-state index in [1.165, 1.54) is 12.8 Å². The smallest absolute Gasteiger partial charge is 0.257 e. The quantitative estimate of drug-likeness (QED) is 0.896. The van der Waals surface area contributed by atoms with Crippen LogP contribution in [0, 0.1) is 12.3 Å². The van der Waals surface area contributed by atoms with Gasteiger partial charge < -0.3 is 14.7 Å². The highest BCUT2D eigenvalue weighted by atomic mass is 16.5. The molecule has 27 heavy (non-hydrogen) atoms. The number of carbonyl (C=O) groups is 2. The zero-order valence-electron chi connectivity index (χ0n) is 15.7. The van der Waals surface area contributed by atoms with Crippen molar-refractivity contribution in [3.8, 4) is 11.5 Å². The zero-order chi connectivity index (χ0) is 19.0. The molecule has 0 radical (unpaired) electrons. The van der Waals surface area contributed by atoms with Crippen molar-refractivity contribution in [2.45, 2.75) is 45.6 Å². The summed E-state index contributed by atoms with van der Waals surface area (Å²) in [4.78, 5) is 31.1. The second kappa shape index (κ2) is 6.79. The summed E-state index contributed by atoms with van der Waals surface area (Å²) in [5.41, 5.74) is 1.77. The van der Waals surface area contributed by atoms with E-state index in [9.17, 15) is 9.59 Å². The van der Waals surface area contributed by atoms with Gasteiger partial charge in [0.1, 0.15) is 6.04 Å². The lowest BCUT2D eigenvalue weighted by atomic mass is 9.93. The van der Waals surface area contributed by atoms with Gasteiger partial charge in [-0.25, -0.2) is 0 Å². The maximum atomic E-state index is 12.6. The number of rotatable bonds is 4. The second-order valence-electron chi connectivity index (χ2n) is 7.74. The molecule has 2 heterocycles. The van der Waals surface area contributed by atoms with Crippen molar-refractivity contribution >= 4 is 11.8 Å². The third kappa shape index (κ3) is 3.72. The van der Waals surface area contributed by atoms with Gasteiger partial charge >= 0.3 is 0 Å². The molecule has 1 atom stereocenters. The molecule has 2 amide bonds. The number of hydrogen-bond donors (Lipinski definition) is 1. The van der Waals surface area contributed by atoms with E-state index >= 15 is 0 Å². The lowest BCUT2D eigenvalue weighted by Crippen LogP contribution is -2.49. The molecule has 142 valence electrons. The number of aryl methyl sites for hydroxylation is 1. The molecule has 1 aromatic heterocycles. The highest BCUT2D eigenvalue weighted by molar-refractivity contribution is 5.97. The van der Waals surface area contributed by atoms with E-state index < -0.39 is 6.04 Å². The van der Waals surface area contributed by atoms with Crippen LogP contribution in [0.2, 0.25) is 0 Å². The van der Waals surface area contributed by atoms with Crippen LogP contribution in [0.1, 0.15) is 48.8 Å². The number of amides is 2. The van der Waals surface area contributed by atoms with Crippen molar-refractivity contribution in [1.82, 2.24) is 20.4 Å². The molecular formula is C20H24N4O3. The Morgan fingerprint density at radius 2 is 1.81 bits per heavy atom. The summed E-state index contributed by atoms with van der Waals surface area (Å²) < 4.78 is 5.12. The van der Waals surface area contributed by atoms with Crippen LogP contribution < -0.4 is 5.32 Å². The molecule has 7 heteroatoms. The monoisotopic (exact) mass is 368 g/mol. The van der Waals surface area contributed by atoms with E-state index in [4.69, 9.17) is 4.52 Å². The first-order valence-corrected chi connectivity index (χ1v) is 9.46. The van der Waals surface area contributed by atoms with Crippen LogP contribution in [0.4, 0.5) is 0 Å². The van der Waals surface area contributed by atoms with Gasteiger partial charge in [0.2, 0.25) is 5.91 Å². The minimum absolute atomic E-state index is 0.00296. The van der Waals surface area contributed by atoms with E-state index in [1.807, 2.05) is 4.90 Å². The summed E-state index contributed by atoms with van der Waals surface area (Å²) >= 11 is 0. The van der Waals surface area contributed by atoms with Crippen molar-refractivity contribution in [3.63, 3.8) is 0 Å². The van der Waals surface area contributed by atoms with Crippen LogP contribution in [0.3, 0.4) is 0 Å². The molecule has 2 aromatic rings. The van der Waals surface area contributed by atoms with Crippen LogP contribution in [-0.2, 0) is 4.79 Å². The zero-order valence-corrected chi connectivity index (χ0v) is 15.7. The Morgan fingerprint density at radius 3 is 2.37 bits per heavy atom. The summed E-state index contributed by atoms with van der Waals surface area (Å²) in [5, 5.41) is 6.57. The van der Waals surface area contributed by atoms with Gasteiger partial charge in [0.15, 0.2) is 5.82 Å². The summed E-state index contributed by atoms with van der Waals surface area (Å²) in [5.74, 6) is 0.711. The van der Waals surface area contributed by atoms with Gasteiger partial charge in [0.25, 0.3) is 11.8 Å². The van der Waals surface area contributed by atoms with Crippen LogP contribution in [0.15, 0.2) is 28.8 Å². The minimum atomic E-state index is -0.538. The third-order valence-electron chi connectivity index (χ3n) is 5.73. The molecule has 1 saturated heterocycles. The van der Waals surface area contributed by atoms with Crippen LogP contribution in [-0.4, -0.2) is 46.0 Å². The van der Waals surface area contributed by atoms with Crippen LogP contribution in [0.25, 0.3) is 11.5 Å². The molecule has 1 aliphatic heterocycles. The average molecular weight is 368 g/mol. The predicted molar refractivity (Wildman–Crippen MR) is 98.9 cm³/mol. The first-order valence-electron chi connectivity index (χ1n) is 9.46. The van der Waals surface area contributed by atoms with Gasteiger partial charge in [-0.2, -0.15) is 4.98 Å². The first kappa shape index (κ1) is 17.7. The number of likely N-dealkylation sites (tertiary alicyclic amines) is 1. The molecule has 1 spiro atoms. The Bertz CT molecular complexity index is 844. The topological polar surface area (TPSA) is 88.3 Å². The maximum absolute atomic E-state index is 12.6. The molecule has 1 aliphatic carbocycles. The Balaban J connectivity index is 1.34. The van der Waals surface area contributed by atoms with Crippen molar-refractivity contribution in [3.05, 3.63) is 35.7 Å². The van der Waals surface area contributed by atoms with E-state index in [2.05, 4.69) is 15.5 Å². The molecule has 2 aliphatic rings. The van der Waals surface area contributed by atoms with Gasteiger partial charge in [-0.3, -0.25) is 9.59 Å². The molecule has 1 saturated carbocycles. The maximum Gasteiger partial charge on any atom is 0.257 e. The molecule has 2 fully saturated rings. The van der Waals surface area contributed by atoms with E-state index in [0.29, 0.717) is 22.7 Å². The van der Waals surface area contributed by atoms with Gasteiger partial charge in [0.05, 0.1) is 0 Å². The van der Waals surface area contributed by atoms with Crippen molar-refractivity contribution in [2.24, 2.45) is 5.41 Å². The van der Waals surface area contributed by atoms with Crippen LogP contribution >= 0.6 is 0 Å². The fraction of sp³-hybridized carbons (Fsp3) is 0.500. The number of carbonyl (C=O) groups excluding carboxylic acids is 2. The van der Waals surface area contributed by atoms with Gasteiger partial charge in [0, 0.05) is 24.2 Å². The third-order valence-corrected chi connectivity index (χ3v) is 5.73. The molecule has 1 N–H and O–H groups in total. The number of benzene rings is 1. The highest BCUT2D eigenvalue weighted by Crippen LogP contribution is 2.53. The lowest BCUT2D eigenvalue weighted by Gasteiger charge is -2.33. The van der Waals surface area contributed by atoms with Crippen molar-refractivity contribution < 1.29 is 14.1 Å². The number of hydrogen-bond acceptors (Lipinski definition) is 5.